The number of carbonyl (C=O) groups excluding carboxylic acids is 1. The predicted molar refractivity (Wildman–Crippen MR) is 94.9 cm³/mol. The summed E-state index contributed by atoms with van der Waals surface area (Å²) in [6.45, 7) is 6.61. The van der Waals surface area contributed by atoms with Gasteiger partial charge in [-0.25, -0.2) is 0 Å². The van der Waals surface area contributed by atoms with Crippen molar-refractivity contribution in [2.75, 3.05) is 6.61 Å². The van der Waals surface area contributed by atoms with Crippen LogP contribution in [0, 0.1) is 0 Å². The molecule has 0 amide bonds. The van der Waals surface area contributed by atoms with Gasteiger partial charge in [-0.3, -0.25) is 4.79 Å². The molecule has 0 fully saturated rings. The van der Waals surface area contributed by atoms with E-state index in [0.29, 0.717) is 18.8 Å². The Balaban J connectivity index is 2.77. The molecule has 1 aromatic carbocycles. The summed E-state index contributed by atoms with van der Waals surface area (Å²) in [7, 11) is 0. The number of benzene rings is 1. The smallest absolute Gasteiger partial charge is 0.305 e. The van der Waals surface area contributed by atoms with Crippen molar-refractivity contribution in [3.63, 3.8) is 0 Å². The summed E-state index contributed by atoms with van der Waals surface area (Å²) in [5, 5.41) is 10.5. The fraction of sp³-hybridized carbons (Fsp3) is 0.650. The van der Waals surface area contributed by atoms with Crippen LogP contribution in [0.15, 0.2) is 12.1 Å². The minimum absolute atomic E-state index is 0.122. The summed E-state index contributed by atoms with van der Waals surface area (Å²) in [4.78, 5) is 11.4. The molecule has 1 rings (SSSR count). The van der Waals surface area contributed by atoms with Crippen molar-refractivity contribution in [1.29, 1.82) is 0 Å². The second-order valence-electron chi connectivity index (χ2n) is 6.13. The summed E-state index contributed by atoms with van der Waals surface area (Å²) in [5.41, 5.74) is 3.35. The molecule has 3 heteroatoms. The normalized spacial score (nSPS) is 10.7. The summed E-state index contributed by atoms with van der Waals surface area (Å²) < 4.78 is 4.97. The van der Waals surface area contributed by atoms with E-state index in [1.165, 1.54) is 5.56 Å². The lowest BCUT2D eigenvalue weighted by molar-refractivity contribution is -0.143. The lowest BCUT2D eigenvalue weighted by Gasteiger charge is -2.13. The lowest BCUT2D eigenvalue weighted by Crippen LogP contribution is -2.04. The Morgan fingerprint density at radius 2 is 1.52 bits per heavy atom. The standard InChI is InChI=1S/C20H32O3/c1-4-7-11-17-14-16(10-9-13-19(21)23-6-3)15-18(20(17)22)12-8-5-2/h14-15,22H,4-13H2,1-3H3. The number of aryl methyl sites for hydroxylation is 3. The number of hydrogen-bond donors (Lipinski definition) is 1. The predicted octanol–water partition coefficient (Wildman–Crippen LogP) is 4.96. The van der Waals surface area contributed by atoms with Gasteiger partial charge >= 0.3 is 5.97 Å². The van der Waals surface area contributed by atoms with Gasteiger partial charge in [0.05, 0.1) is 6.61 Å². The Morgan fingerprint density at radius 3 is 2.00 bits per heavy atom. The van der Waals surface area contributed by atoms with E-state index >= 15 is 0 Å². The molecule has 0 spiro atoms. The van der Waals surface area contributed by atoms with Crippen molar-refractivity contribution in [1.82, 2.24) is 0 Å². The first-order valence-corrected chi connectivity index (χ1v) is 9.11. The highest BCUT2D eigenvalue weighted by atomic mass is 16.5. The lowest BCUT2D eigenvalue weighted by atomic mass is 9.95. The highest BCUT2D eigenvalue weighted by Gasteiger charge is 2.10. The average molecular weight is 320 g/mol. The Labute approximate surface area is 141 Å². The van der Waals surface area contributed by atoms with Crippen LogP contribution in [-0.2, 0) is 28.8 Å². The van der Waals surface area contributed by atoms with Crippen LogP contribution in [0.2, 0.25) is 0 Å². The van der Waals surface area contributed by atoms with Gasteiger partial charge in [0.1, 0.15) is 5.75 Å². The van der Waals surface area contributed by atoms with Gasteiger partial charge in [0.15, 0.2) is 0 Å². The van der Waals surface area contributed by atoms with E-state index in [2.05, 4.69) is 26.0 Å². The molecular weight excluding hydrogens is 288 g/mol. The maximum Gasteiger partial charge on any atom is 0.305 e. The largest absolute Gasteiger partial charge is 0.507 e. The number of phenolic OH excluding ortho intramolecular Hbond substituents is 1. The van der Waals surface area contributed by atoms with E-state index in [4.69, 9.17) is 4.74 Å². The second-order valence-corrected chi connectivity index (χ2v) is 6.13. The molecule has 0 radical (unpaired) electrons. The van der Waals surface area contributed by atoms with Gasteiger partial charge in [-0.05, 0) is 62.1 Å². The first-order valence-electron chi connectivity index (χ1n) is 9.11. The van der Waals surface area contributed by atoms with Gasteiger partial charge in [0.25, 0.3) is 0 Å². The summed E-state index contributed by atoms with van der Waals surface area (Å²) >= 11 is 0. The minimum Gasteiger partial charge on any atom is -0.507 e. The zero-order chi connectivity index (χ0) is 17.1. The highest BCUT2D eigenvalue weighted by molar-refractivity contribution is 5.69. The van der Waals surface area contributed by atoms with E-state index in [-0.39, 0.29) is 5.97 Å². The maximum atomic E-state index is 11.4. The summed E-state index contributed by atoms with van der Waals surface area (Å²) in [6.07, 6.45) is 8.39. The fourth-order valence-electron chi connectivity index (χ4n) is 2.76. The molecule has 0 saturated heterocycles. The Bertz CT molecular complexity index is 451. The summed E-state index contributed by atoms with van der Waals surface area (Å²) in [5.74, 6) is 0.365. The van der Waals surface area contributed by atoms with Gasteiger partial charge in [0.2, 0.25) is 0 Å². The van der Waals surface area contributed by atoms with Crippen molar-refractivity contribution in [3.05, 3.63) is 28.8 Å². The molecule has 3 nitrogen and oxygen atoms in total. The first-order chi connectivity index (χ1) is 11.1. The second kappa shape index (κ2) is 11.1. The van der Waals surface area contributed by atoms with Crippen LogP contribution in [0.4, 0.5) is 0 Å². The zero-order valence-electron chi connectivity index (χ0n) is 15.0. The molecule has 0 bridgehead atoms. The number of ether oxygens (including phenoxy) is 1. The third-order valence-corrected chi connectivity index (χ3v) is 4.08. The summed E-state index contributed by atoms with van der Waals surface area (Å²) in [6, 6.07) is 4.23. The van der Waals surface area contributed by atoms with Crippen LogP contribution in [0.1, 0.15) is 76.0 Å². The molecule has 1 aromatic rings. The molecule has 0 unspecified atom stereocenters. The average Bonchev–Trinajstić information content (AvgIpc) is 2.53. The van der Waals surface area contributed by atoms with Gasteiger partial charge in [-0.1, -0.05) is 38.8 Å². The van der Waals surface area contributed by atoms with E-state index < -0.39 is 0 Å². The number of esters is 1. The first kappa shape index (κ1) is 19.5. The third kappa shape index (κ3) is 7.06. The SMILES string of the molecule is CCCCc1cc(CCCC(=O)OCC)cc(CCCC)c1O. The molecule has 130 valence electrons. The van der Waals surface area contributed by atoms with Crippen molar-refractivity contribution in [3.8, 4) is 5.75 Å². The van der Waals surface area contributed by atoms with Crippen molar-refractivity contribution in [2.45, 2.75) is 78.6 Å². The maximum absolute atomic E-state index is 11.4. The van der Waals surface area contributed by atoms with Gasteiger partial charge < -0.3 is 9.84 Å². The van der Waals surface area contributed by atoms with Crippen molar-refractivity contribution >= 4 is 5.97 Å². The molecule has 0 aliphatic carbocycles. The van der Waals surface area contributed by atoms with Crippen LogP contribution < -0.4 is 0 Å². The van der Waals surface area contributed by atoms with Crippen LogP contribution in [0.25, 0.3) is 0 Å². The van der Waals surface area contributed by atoms with Crippen LogP contribution in [0.3, 0.4) is 0 Å². The topological polar surface area (TPSA) is 46.5 Å². The molecule has 0 aromatic heterocycles. The molecule has 0 saturated carbocycles. The van der Waals surface area contributed by atoms with Crippen molar-refractivity contribution < 1.29 is 14.6 Å². The number of hydrogen-bond acceptors (Lipinski definition) is 3. The molecule has 23 heavy (non-hydrogen) atoms. The molecule has 0 aliphatic heterocycles. The van der Waals surface area contributed by atoms with Crippen LogP contribution >= 0.6 is 0 Å². The number of unbranched alkanes of at least 4 members (excludes halogenated alkanes) is 2. The molecular formula is C20H32O3. The van der Waals surface area contributed by atoms with E-state index in [9.17, 15) is 9.90 Å². The van der Waals surface area contributed by atoms with Gasteiger partial charge in [0, 0.05) is 6.42 Å². The molecule has 0 aliphatic rings. The molecule has 0 atom stereocenters. The Morgan fingerprint density at radius 1 is 0.957 bits per heavy atom. The minimum atomic E-state index is -0.122. The Kier molecular flexibility index (Phi) is 9.42. The third-order valence-electron chi connectivity index (χ3n) is 4.08. The van der Waals surface area contributed by atoms with E-state index in [0.717, 1.165) is 62.5 Å². The number of carbonyl (C=O) groups is 1. The number of aromatic hydroxyl groups is 1. The van der Waals surface area contributed by atoms with Crippen LogP contribution in [-0.4, -0.2) is 17.7 Å². The quantitative estimate of drug-likeness (QED) is 0.586. The van der Waals surface area contributed by atoms with E-state index in [1.807, 2.05) is 6.92 Å². The molecule has 1 N–H and O–H groups in total. The molecule has 0 heterocycles. The van der Waals surface area contributed by atoms with E-state index in [1.54, 1.807) is 0 Å². The zero-order valence-corrected chi connectivity index (χ0v) is 15.0. The van der Waals surface area contributed by atoms with Crippen LogP contribution in [0.5, 0.6) is 5.75 Å². The number of rotatable bonds is 11. The van der Waals surface area contributed by atoms with Gasteiger partial charge in [-0.2, -0.15) is 0 Å². The highest BCUT2D eigenvalue weighted by Crippen LogP contribution is 2.28. The van der Waals surface area contributed by atoms with Crippen molar-refractivity contribution in [2.24, 2.45) is 0 Å². The monoisotopic (exact) mass is 320 g/mol. The number of phenols is 1. The van der Waals surface area contributed by atoms with Gasteiger partial charge in [-0.15, -0.1) is 0 Å². The Hall–Kier alpha value is -1.51. The fourth-order valence-corrected chi connectivity index (χ4v) is 2.76.